The normalized spacial score (nSPS) is 14.8. The third kappa shape index (κ3) is 2.96. The number of hydrogen-bond acceptors (Lipinski definition) is 2. The first-order chi connectivity index (χ1) is 6.24. The number of nitrogens with one attached hydrogen (secondary N) is 1. The number of rotatable bonds is 4. The number of hydrogen-bond donors (Lipinski definition) is 1. The van der Waals surface area contributed by atoms with Crippen LogP contribution in [0.15, 0.2) is 23.0 Å². The van der Waals surface area contributed by atoms with Gasteiger partial charge in [-0.3, -0.25) is 0 Å². The minimum atomic E-state index is 0.294. The Bertz CT molecular complexity index is 271. The standard InChI is InChI=1S/C11H15NO/c1-4-5-9(2)12-10(3)11-6-7-13-8-11/h1,6-10,12H,5H2,2-3H3. The highest BCUT2D eigenvalue weighted by Crippen LogP contribution is 2.13. The van der Waals surface area contributed by atoms with E-state index >= 15 is 0 Å². The van der Waals surface area contributed by atoms with Gasteiger partial charge < -0.3 is 9.73 Å². The van der Waals surface area contributed by atoms with E-state index in [1.54, 1.807) is 12.5 Å². The molecule has 2 unspecified atom stereocenters. The second kappa shape index (κ2) is 4.74. The quantitative estimate of drug-likeness (QED) is 0.714. The van der Waals surface area contributed by atoms with Crippen LogP contribution in [-0.4, -0.2) is 6.04 Å². The summed E-state index contributed by atoms with van der Waals surface area (Å²) >= 11 is 0. The summed E-state index contributed by atoms with van der Waals surface area (Å²) in [5.74, 6) is 2.63. The molecule has 1 aromatic rings. The van der Waals surface area contributed by atoms with Crippen molar-refractivity contribution in [2.75, 3.05) is 0 Å². The Balaban J connectivity index is 2.42. The molecule has 70 valence electrons. The fraction of sp³-hybridized carbons (Fsp3) is 0.455. The van der Waals surface area contributed by atoms with Gasteiger partial charge in [0.1, 0.15) is 0 Å². The van der Waals surface area contributed by atoms with Crippen molar-refractivity contribution in [3.8, 4) is 12.3 Å². The molecule has 1 N–H and O–H groups in total. The molecule has 2 heteroatoms. The molecule has 0 saturated heterocycles. The molecule has 1 rings (SSSR count). The van der Waals surface area contributed by atoms with Gasteiger partial charge in [-0.05, 0) is 19.9 Å². The van der Waals surface area contributed by atoms with Crippen LogP contribution in [0.2, 0.25) is 0 Å². The number of furan rings is 1. The smallest absolute Gasteiger partial charge is 0.0950 e. The SMILES string of the molecule is C#CCC(C)NC(C)c1ccoc1. The predicted molar refractivity (Wildman–Crippen MR) is 53.2 cm³/mol. The van der Waals surface area contributed by atoms with Gasteiger partial charge in [-0.15, -0.1) is 12.3 Å². The van der Waals surface area contributed by atoms with Gasteiger partial charge in [0.05, 0.1) is 12.5 Å². The van der Waals surface area contributed by atoms with Crippen LogP contribution in [0.1, 0.15) is 31.9 Å². The molecule has 0 aliphatic carbocycles. The van der Waals surface area contributed by atoms with Crippen LogP contribution in [0.4, 0.5) is 0 Å². The topological polar surface area (TPSA) is 25.2 Å². The number of terminal acetylenes is 1. The summed E-state index contributed by atoms with van der Waals surface area (Å²) in [6.45, 7) is 4.17. The summed E-state index contributed by atoms with van der Waals surface area (Å²) in [4.78, 5) is 0. The molecule has 0 amide bonds. The average molecular weight is 177 g/mol. The zero-order chi connectivity index (χ0) is 9.68. The van der Waals surface area contributed by atoms with Crippen molar-refractivity contribution in [1.29, 1.82) is 0 Å². The van der Waals surface area contributed by atoms with E-state index in [0.717, 1.165) is 12.0 Å². The van der Waals surface area contributed by atoms with Crippen LogP contribution in [0, 0.1) is 12.3 Å². The van der Waals surface area contributed by atoms with Gasteiger partial charge in [-0.25, -0.2) is 0 Å². The van der Waals surface area contributed by atoms with E-state index in [1.807, 2.05) is 6.07 Å². The Morgan fingerprint density at radius 2 is 2.38 bits per heavy atom. The van der Waals surface area contributed by atoms with Crippen molar-refractivity contribution in [2.45, 2.75) is 32.4 Å². The summed E-state index contributed by atoms with van der Waals surface area (Å²) < 4.78 is 5.00. The molecule has 2 nitrogen and oxygen atoms in total. The van der Waals surface area contributed by atoms with E-state index in [4.69, 9.17) is 10.8 Å². The molecule has 0 spiro atoms. The fourth-order valence-electron chi connectivity index (χ4n) is 1.28. The third-order valence-electron chi connectivity index (χ3n) is 2.00. The molecule has 0 fully saturated rings. The van der Waals surface area contributed by atoms with E-state index in [-0.39, 0.29) is 0 Å². The summed E-state index contributed by atoms with van der Waals surface area (Å²) in [5, 5.41) is 3.38. The fourth-order valence-corrected chi connectivity index (χ4v) is 1.28. The van der Waals surface area contributed by atoms with Crippen LogP contribution in [0.3, 0.4) is 0 Å². The van der Waals surface area contributed by atoms with Crippen LogP contribution >= 0.6 is 0 Å². The highest BCUT2D eigenvalue weighted by atomic mass is 16.3. The summed E-state index contributed by atoms with van der Waals surface area (Å²) in [5.41, 5.74) is 1.16. The lowest BCUT2D eigenvalue weighted by Gasteiger charge is -2.16. The Morgan fingerprint density at radius 3 is 2.92 bits per heavy atom. The first-order valence-corrected chi connectivity index (χ1v) is 4.45. The lowest BCUT2D eigenvalue weighted by atomic mass is 10.1. The lowest BCUT2D eigenvalue weighted by Crippen LogP contribution is -2.28. The summed E-state index contributed by atoms with van der Waals surface area (Å²) in [7, 11) is 0. The molecule has 1 aromatic heterocycles. The lowest BCUT2D eigenvalue weighted by molar-refractivity contribution is 0.479. The second-order valence-corrected chi connectivity index (χ2v) is 3.25. The second-order valence-electron chi connectivity index (χ2n) is 3.25. The maximum absolute atomic E-state index is 5.22. The van der Waals surface area contributed by atoms with Gasteiger partial charge in [0.15, 0.2) is 0 Å². The van der Waals surface area contributed by atoms with Crippen molar-refractivity contribution in [3.05, 3.63) is 24.2 Å². The van der Waals surface area contributed by atoms with E-state index in [1.165, 1.54) is 0 Å². The van der Waals surface area contributed by atoms with Crippen molar-refractivity contribution in [3.63, 3.8) is 0 Å². The van der Waals surface area contributed by atoms with Gasteiger partial charge in [-0.2, -0.15) is 0 Å². The summed E-state index contributed by atoms with van der Waals surface area (Å²) in [6.07, 6.45) is 9.40. The van der Waals surface area contributed by atoms with E-state index in [9.17, 15) is 0 Å². The minimum absolute atomic E-state index is 0.294. The zero-order valence-corrected chi connectivity index (χ0v) is 8.08. The van der Waals surface area contributed by atoms with E-state index in [0.29, 0.717) is 12.1 Å². The van der Waals surface area contributed by atoms with Gasteiger partial charge >= 0.3 is 0 Å². The van der Waals surface area contributed by atoms with Gasteiger partial charge in [-0.1, -0.05) is 0 Å². The van der Waals surface area contributed by atoms with Gasteiger partial charge in [0, 0.05) is 24.1 Å². The molecule has 0 radical (unpaired) electrons. The highest BCUT2D eigenvalue weighted by Gasteiger charge is 2.08. The molecular formula is C11H15NO. The molecule has 0 bridgehead atoms. The van der Waals surface area contributed by atoms with Crippen molar-refractivity contribution in [2.24, 2.45) is 0 Å². The van der Waals surface area contributed by atoms with E-state index < -0.39 is 0 Å². The first kappa shape index (κ1) is 9.88. The molecule has 2 atom stereocenters. The molecule has 1 heterocycles. The Kier molecular flexibility index (Phi) is 3.60. The molecular weight excluding hydrogens is 162 g/mol. The predicted octanol–water partition coefficient (Wildman–Crippen LogP) is 2.34. The highest BCUT2D eigenvalue weighted by molar-refractivity contribution is 5.10. The van der Waals surface area contributed by atoms with Gasteiger partial charge in [0.2, 0.25) is 0 Å². The van der Waals surface area contributed by atoms with Crippen LogP contribution in [0.5, 0.6) is 0 Å². The Morgan fingerprint density at radius 1 is 1.62 bits per heavy atom. The first-order valence-electron chi connectivity index (χ1n) is 4.45. The third-order valence-corrected chi connectivity index (χ3v) is 2.00. The van der Waals surface area contributed by atoms with Crippen LogP contribution in [0.25, 0.3) is 0 Å². The summed E-state index contributed by atoms with van der Waals surface area (Å²) in [6, 6.07) is 2.59. The molecule has 0 saturated carbocycles. The molecule has 0 aliphatic rings. The van der Waals surface area contributed by atoms with Crippen molar-refractivity contribution in [1.82, 2.24) is 5.32 Å². The zero-order valence-electron chi connectivity index (χ0n) is 8.08. The van der Waals surface area contributed by atoms with Crippen molar-refractivity contribution < 1.29 is 4.42 Å². The van der Waals surface area contributed by atoms with E-state index in [2.05, 4.69) is 25.1 Å². The Hall–Kier alpha value is -1.20. The van der Waals surface area contributed by atoms with Crippen LogP contribution < -0.4 is 5.32 Å². The maximum atomic E-state index is 5.22. The molecule has 0 aliphatic heterocycles. The molecule has 13 heavy (non-hydrogen) atoms. The molecule has 0 aromatic carbocycles. The van der Waals surface area contributed by atoms with Crippen molar-refractivity contribution >= 4 is 0 Å². The average Bonchev–Trinajstić information content (AvgIpc) is 2.55. The maximum Gasteiger partial charge on any atom is 0.0950 e. The Labute approximate surface area is 79.3 Å². The monoisotopic (exact) mass is 177 g/mol. The van der Waals surface area contributed by atoms with Gasteiger partial charge in [0.25, 0.3) is 0 Å². The minimum Gasteiger partial charge on any atom is -0.472 e. The van der Waals surface area contributed by atoms with Crippen LogP contribution in [-0.2, 0) is 0 Å². The largest absolute Gasteiger partial charge is 0.472 e.